The van der Waals surface area contributed by atoms with Crippen LogP contribution in [0.25, 0.3) is 11.0 Å². The molecule has 3 aromatic heterocycles. The molecule has 0 atom stereocenters. The Morgan fingerprint density at radius 1 is 1.42 bits per heavy atom. The van der Waals surface area contributed by atoms with Crippen molar-refractivity contribution < 1.29 is 5.11 Å². The summed E-state index contributed by atoms with van der Waals surface area (Å²) in [4.78, 5) is 11.8. The van der Waals surface area contributed by atoms with Crippen LogP contribution in [0.3, 0.4) is 0 Å². The quantitative estimate of drug-likeness (QED) is 0.654. The highest BCUT2D eigenvalue weighted by Crippen LogP contribution is 2.22. The maximum absolute atomic E-state index is 8.86. The van der Waals surface area contributed by atoms with Crippen molar-refractivity contribution in [2.75, 3.05) is 11.9 Å². The van der Waals surface area contributed by atoms with Crippen LogP contribution in [0.15, 0.2) is 24.7 Å². The minimum atomic E-state index is 0.0653. The van der Waals surface area contributed by atoms with E-state index in [-0.39, 0.29) is 6.61 Å². The highest BCUT2D eigenvalue weighted by Gasteiger charge is 2.07. The van der Waals surface area contributed by atoms with Gasteiger partial charge < -0.3 is 15.4 Å². The second kappa shape index (κ2) is 4.69. The number of nitrogens with one attached hydrogen (secondary N) is 2. The Morgan fingerprint density at radius 3 is 3.16 bits per heavy atom. The average molecular weight is 258 g/mol. The number of aromatic nitrogens is 5. The molecule has 3 aromatic rings. The van der Waals surface area contributed by atoms with Crippen molar-refractivity contribution in [2.24, 2.45) is 0 Å². The first kappa shape index (κ1) is 11.7. The van der Waals surface area contributed by atoms with Gasteiger partial charge in [0, 0.05) is 12.4 Å². The molecule has 0 fully saturated rings. The minimum Gasteiger partial charge on any atom is -0.394 e. The topological polar surface area (TPSA) is 91.6 Å². The lowest BCUT2D eigenvalue weighted by Gasteiger charge is -2.05. The standard InChI is InChI=1S/C12H14N6O/c1-8-15-11-10(2-3-13-11)12(16-8)17-9-6-14-18(7-9)4-5-19/h2-3,6-7,19H,4-5H2,1H3,(H2,13,15,16,17). The molecular weight excluding hydrogens is 244 g/mol. The molecule has 19 heavy (non-hydrogen) atoms. The van der Waals surface area contributed by atoms with E-state index in [9.17, 15) is 0 Å². The summed E-state index contributed by atoms with van der Waals surface area (Å²) in [7, 11) is 0. The van der Waals surface area contributed by atoms with Crippen molar-refractivity contribution in [3.05, 3.63) is 30.5 Å². The van der Waals surface area contributed by atoms with Gasteiger partial charge in [-0.3, -0.25) is 4.68 Å². The summed E-state index contributed by atoms with van der Waals surface area (Å²) in [5.41, 5.74) is 1.63. The number of H-pyrrole nitrogens is 1. The lowest BCUT2D eigenvalue weighted by Crippen LogP contribution is -2.01. The summed E-state index contributed by atoms with van der Waals surface area (Å²) in [6, 6.07) is 1.93. The van der Waals surface area contributed by atoms with Crippen LogP contribution in [0.5, 0.6) is 0 Å². The Bertz CT molecular complexity index is 701. The van der Waals surface area contributed by atoms with Crippen molar-refractivity contribution in [3.63, 3.8) is 0 Å². The summed E-state index contributed by atoms with van der Waals surface area (Å²) < 4.78 is 1.67. The largest absolute Gasteiger partial charge is 0.394 e. The fraction of sp³-hybridized carbons (Fsp3) is 0.250. The van der Waals surface area contributed by atoms with Gasteiger partial charge >= 0.3 is 0 Å². The van der Waals surface area contributed by atoms with Crippen LogP contribution >= 0.6 is 0 Å². The van der Waals surface area contributed by atoms with Crippen LogP contribution in [0.1, 0.15) is 5.82 Å². The number of aryl methyl sites for hydroxylation is 1. The van der Waals surface area contributed by atoms with E-state index in [0.29, 0.717) is 12.4 Å². The molecule has 7 heteroatoms. The van der Waals surface area contributed by atoms with Crippen LogP contribution in [0, 0.1) is 6.92 Å². The van der Waals surface area contributed by atoms with E-state index in [0.717, 1.165) is 22.5 Å². The average Bonchev–Trinajstić information content (AvgIpc) is 2.98. The summed E-state index contributed by atoms with van der Waals surface area (Å²) in [5.74, 6) is 1.44. The van der Waals surface area contributed by atoms with Gasteiger partial charge in [0.1, 0.15) is 17.3 Å². The molecular formula is C12H14N6O. The van der Waals surface area contributed by atoms with E-state index in [1.807, 2.05) is 25.4 Å². The Hall–Kier alpha value is -2.41. The Morgan fingerprint density at radius 2 is 2.32 bits per heavy atom. The number of hydrogen-bond donors (Lipinski definition) is 3. The number of nitrogens with zero attached hydrogens (tertiary/aromatic N) is 4. The van der Waals surface area contributed by atoms with E-state index in [2.05, 4.69) is 25.4 Å². The third-order valence-electron chi connectivity index (χ3n) is 2.75. The maximum atomic E-state index is 8.86. The third kappa shape index (κ3) is 2.27. The van der Waals surface area contributed by atoms with Gasteiger partial charge in [-0.25, -0.2) is 9.97 Å². The van der Waals surface area contributed by atoms with Crippen LogP contribution in [0.4, 0.5) is 11.5 Å². The molecule has 3 N–H and O–H groups in total. The van der Waals surface area contributed by atoms with E-state index >= 15 is 0 Å². The van der Waals surface area contributed by atoms with Gasteiger partial charge in [-0.15, -0.1) is 0 Å². The smallest absolute Gasteiger partial charge is 0.143 e. The molecule has 0 radical (unpaired) electrons. The maximum Gasteiger partial charge on any atom is 0.143 e. The predicted molar refractivity (Wildman–Crippen MR) is 71.2 cm³/mol. The lowest BCUT2D eigenvalue weighted by atomic mass is 10.3. The van der Waals surface area contributed by atoms with Crippen molar-refractivity contribution in [1.82, 2.24) is 24.7 Å². The van der Waals surface area contributed by atoms with Gasteiger partial charge in [0.05, 0.1) is 30.4 Å². The van der Waals surface area contributed by atoms with Gasteiger partial charge in [0.2, 0.25) is 0 Å². The first-order chi connectivity index (χ1) is 9.26. The molecule has 0 bridgehead atoms. The highest BCUT2D eigenvalue weighted by atomic mass is 16.3. The second-order valence-corrected chi connectivity index (χ2v) is 4.20. The molecule has 0 aliphatic rings. The number of aliphatic hydroxyl groups is 1. The van der Waals surface area contributed by atoms with Crippen molar-refractivity contribution in [1.29, 1.82) is 0 Å². The Kier molecular flexibility index (Phi) is 2.88. The van der Waals surface area contributed by atoms with E-state index in [1.165, 1.54) is 0 Å². The SMILES string of the molecule is Cc1nc(Nc2cnn(CCO)c2)c2cc[nH]c2n1. The van der Waals surface area contributed by atoms with Crippen molar-refractivity contribution >= 4 is 22.5 Å². The van der Waals surface area contributed by atoms with Gasteiger partial charge in [-0.05, 0) is 13.0 Å². The number of aromatic amines is 1. The Labute approximate surface area is 109 Å². The zero-order valence-corrected chi connectivity index (χ0v) is 10.5. The summed E-state index contributed by atoms with van der Waals surface area (Å²) in [5, 5.41) is 17.1. The molecule has 0 saturated heterocycles. The zero-order valence-electron chi connectivity index (χ0n) is 10.5. The monoisotopic (exact) mass is 258 g/mol. The van der Waals surface area contributed by atoms with Crippen LogP contribution in [-0.4, -0.2) is 36.4 Å². The van der Waals surface area contributed by atoms with E-state index in [4.69, 9.17) is 5.11 Å². The summed E-state index contributed by atoms with van der Waals surface area (Å²) in [6.07, 6.45) is 5.36. The van der Waals surface area contributed by atoms with Crippen LogP contribution in [-0.2, 0) is 6.54 Å². The molecule has 0 unspecified atom stereocenters. The molecule has 0 aromatic carbocycles. The lowest BCUT2D eigenvalue weighted by molar-refractivity contribution is 0.269. The molecule has 0 amide bonds. The number of hydrogen-bond acceptors (Lipinski definition) is 5. The summed E-state index contributed by atoms with van der Waals surface area (Å²) in [6.45, 7) is 2.39. The number of fused-ring (bicyclic) bond motifs is 1. The fourth-order valence-corrected chi connectivity index (χ4v) is 1.94. The molecule has 0 spiro atoms. The van der Waals surface area contributed by atoms with Crippen LogP contribution in [0.2, 0.25) is 0 Å². The molecule has 0 aliphatic heterocycles. The first-order valence-electron chi connectivity index (χ1n) is 5.98. The van der Waals surface area contributed by atoms with Crippen molar-refractivity contribution in [3.8, 4) is 0 Å². The molecule has 7 nitrogen and oxygen atoms in total. The molecule has 0 aliphatic carbocycles. The highest BCUT2D eigenvalue weighted by molar-refractivity contribution is 5.88. The van der Waals surface area contributed by atoms with Crippen LogP contribution < -0.4 is 5.32 Å². The van der Waals surface area contributed by atoms with E-state index < -0.39 is 0 Å². The molecule has 3 rings (SSSR count). The predicted octanol–water partition coefficient (Wildman–Crippen LogP) is 1.20. The number of rotatable bonds is 4. The zero-order chi connectivity index (χ0) is 13.2. The third-order valence-corrected chi connectivity index (χ3v) is 2.75. The Balaban J connectivity index is 1.93. The summed E-state index contributed by atoms with van der Waals surface area (Å²) >= 11 is 0. The van der Waals surface area contributed by atoms with Gasteiger partial charge in [0.15, 0.2) is 0 Å². The normalized spacial score (nSPS) is 11.1. The molecule has 98 valence electrons. The molecule has 0 saturated carbocycles. The van der Waals surface area contributed by atoms with Crippen molar-refractivity contribution in [2.45, 2.75) is 13.5 Å². The van der Waals surface area contributed by atoms with E-state index in [1.54, 1.807) is 10.9 Å². The number of aliphatic hydroxyl groups excluding tert-OH is 1. The minimum absolute atomic E-state index is 0.0653. The van der Waals surface area contributed by atoms with Gasteiger partial charge in [-0.2, -0.15) is 5.10 Å². The first-order valence-corrected chi connectivity index (χ1v) is 5.98. The van der Waals surface area contributed by atoms with Gasteiger partial charge in [0.25, 0.3) is 0 Å². The van der Waals surface area contributed by atoms with Gasteiger partial charge in [-0.1, -0.05) is 0 Å². The number of anilines is 2. The second-order valence-electron chi connectivity index (χ2n) is 4.20. The molecule has 3 heterocycles. The fourth-order valence-electron chi connectivity index (χ4n) is 1.94.